The Hall–Kier alpha value is -1.74. The van der Waals surface area contributed by atoms with Crippen LogP contribution in [0.1, 0.15) is 92.9 Å². The van der Waals surface area contributed by atoms with Gasteiger partial charge in [-0.15, -0.1) is 0 Å². The van der Waals surface area contributed by atoms with Crippen molar-refractivity contribution in [3.8, 4) is 0 Å². The molecule has 5 aliphatic rings. The molecule has 0 N–H and O–H groups in total. The van der Waals surface area contributed by atoms with E-state index < -0.39 is 0 Å². The molecule has 5 heterocycles. The lowest BCUT2D eigenvalue weighted by molar-refractivity contribution is -0.140. The summed E-state index contributed by atoms with van der Waals surface area (Å²) in [4.78, 5) is 25.0. The molecule has 0 amide bonds. The van der Waals surface area contributed by atoms with Crippen LogP contribution in [0.25, 0.3) is 0 Å². The topological polar surface area (TPSA) is 103 Å². The lowest BCUT2D eigenvalue weighted by atomic mass is 9.93. The van der Waals surface area contributed by atoms with E-state index in [9.17, 15) is 9.59 Å². The van der Waals surface area contributed by atoms with Gasteiger partial charge in [-0.2, -0.15) is 0 Å². The summed E-state index contributed by atoms with van der Waals surface area (Å²) in [5, 5.41) is 0. The van der Waals surface area contributed by atoms with Gasteiger partial charge in [0.1, 0.15) is 25.4 Å². The van der Waals surface area contributed by atoms with E-state index in [-0.39, 0.29) is 72.0 Å². The molecule has 212 valence electrons. The summed E-state index contributed by atoms with van der Waals surface area (Å²) in [6.45, 7) is 12.5. The second kappa shape index (κ2) is 10.0. The third-order valence-electron chi connectivity index (χ3n) is 9.51. The summed E-state index contributed by atoms with van der Waals surface area (Å²) in [6.07, 6.45) is 10.8. The molecule has 5 rings (SSSR count). The first-order valence-electron chi connectivity index (χ1n) is 14.2. The lowest BCUT2D eigenvalue weighted by Crippen LogP contribution is -2.19. The van der Waals surface area contributed by atoms with Gasteiger partial charge in [0, 0.05) is 11.1 Å². The molecular formula is C30H44O8. The first kappa shape index (κ1) is 27.8. The monoisotopic (exact) mass is 532 g/mol. The number of carbonyl (C=O) groups excluding carboxylic acids is 2. The van der Waals surface area contributed by atoms with Gasteiger partial charge in [0.15, 0.2) is 0 Å². The smallest absolute Gasteiger partial charge is 0.333 e. The van der Waals surface area contributed by atoms with Crippen molar-refractivity contribution < 1.29 is 38.0 Å². The van der Waals surface area contributed by atoms with Crippen molar-refractivity contribution in [3.63, 3.8) is 0 Å². The number of cyclic esters (lactones) is 2. The third kappa shape index (κ3) is 6.19. The number of hydrogen-bond acceptors (Lipinski definition) is 8. The van der Waals surface area contributed by atoms with E-state index in [1.165, 1.54) is 0 Å². The van der Waals surface area contributed by atoms with Crippen molar-refractivity contribution >= 4 is 11.9 Å². The van der Waals surface area contributed by atoms with Crippen LogP contribution >= 0.6 is 0 Å². The van der Waals surface area contributed by atoms with Gasteiger partial charge in [-0.25, -0.2) is 9.59 Å². The number of esters is 2. The second-order valence-corrected chi connectivity index (χ2v) is 12.8. The van der Waals surface area contributed by atoms with E-state index in [1.54, 1.807) is 13.8 Å². The highest BCUT2D eigenvalue weighted by Crippen LogP contribution is 2.49. The Morgan fingerprint density at radius 2 is 0.921 bits per heavy atom. The fraction of sp³-hybridized carbons (Fsp3) is 0.800. The maximum absolute atomic E-state index is 12.5. The summed E-state index contributed by atoms with van der Waals surface area (Å²) in [7, 11) is 0. The highest BCUT2D eigenvalue weighted by atomic mass is 16.6. The molecule has 38 heavy (non-hydrogen) atoms. The first-order valence-corrected chi connectivity index (χ1v) is 14.2. The molecule has 0 aromatic carbocycles. The quantitative estimate of drug-likeness (QED) is 0.326. The molecule has 0 aromatic heterocycles. The van der Waals surface area contributed by atoms with Crippen LogP contribution in [0.4, 0.5) is 0 Å². The Labute approximate surface area is 226 Å². The molecule has 0 bridgehead atoms. The summed E-state index contributed by atoms with van der Waals surface area (Å²) in [5.41, 5.74) is 0.348. The van der Waals surface area contributed by atoms with Crippen LogP contribution in [0, 0.1) is 0 Å². The Kier molecular flexibility index (Phi) is 7.34. The molecule has 0 spiro atoms. The van der Waals surface area contributed by atoms with Crippen molar-refractivity contribution in [1.29, 1.82) is 0 Å². The molecule has 0 saturated carbocycles. The van der Waals surface area contributed by atoms with Crippen molar-refractivity contribution in [2.24, 2.45) is 0 Å². The van der Waals surface area contributed by atoms with Crippen molar-refractivity contribution in [1.82, 2.24) is 0 Å². The minimum absolute atomic E-state index is 0.0733. The average molecular weight is 533 g/mol. The number of hydrogen-bond donors (Lipinski definition) is 0. The summed E-state index contributed by atoms with van der Waals surface area (Å²) in [5.74, 6) is -0.565. The highest BCUT2D eigenvalue weighted by molar-refractivity contribution is 5.88. The summed E-state index contributed by atoms with van der Waals surface area (Å²) < 4.78 is 34.9. The molecular weight excluding hydrogens is 488 g/mol. The Morgan fingerprint density at radius 1 is 0.579 bits per heavy atom. The van der Waals surface area contributed by atoms with Gasteiger partial charge in [-0.3, -0.25) is 0 Å². The minimum Gasteiger partial charge on any atom is -0.459 e. The SMILES string of the molecule is C/C1=C\CC[C@@]2(C)O[C@@H]2CC[C@@]2(C)O[C@@H]2COC(=O)/C(C)=C/CC[C@@]2(C)O[C@@H]2CC[C@]2(C)O[C@H]2COC1=O. The molecule has 8 atom stereocenters. The molecule has 0 radical (unpaired) electrons. The number of epoxide rings is 4. The van der Waals surface area contributed by atoms with Crippen LogP contribution in [0.3, 0.4) is 0 Å². The van der Waals surface area contributed by atoms with Crippen LogP contribution in [0.2, 0.25) is 0 Å². The van der Waals surface area contributed by atoms with E-state index in [0.29, 0.717) is 11.1 Å². The van der Waals surface area contributed by atoms with Gasteiger partial charge < -0.3 is 28.4 Å². The molecule has 0 aromatic rings. The summed E-state index contributed by atoms with van der Waals surface area (Å²) >= 11 is 0. The number of fused-ring (bicyclic) bond motifs is 4. The molecule has 8 nitrogen and oxygen atoms in total. The number of allylic oxidation sites excluding steroid dienone is 2. The zero-order valence-corrected chi connectivity index (χ0v) is 23.8. The van der Waals surface area contributed by atoms with Gasteiger partial charge >= 0.3 is 11.9 Å². The molecule has 4 saturated heterocycles. The van der Waals surface area contributed by atoms with Crippen LogP contribution in [-0.2, 0) is 38.0 Å². The Bertz CT molecular complexity index is 940. The predicted molar refractivity (Wildman–Crippen MR) is 139 cm³/mol. The molecule has 0 aliphatic carbocycles. The zero-order valence-electron chi connectivity index (χ0n) is 23.8. The van der Waals surface area contributed by atoms with E-state index >= 15 is 0 Å². The van der Waals surface area contributed by atoms with Gasteiger partial charge in [0.05, 0.1) is 34.6 Å². The van der Waals surface area contributed by atoms with Crippen LogP contribution in [0.15, 0.2) is 23.3 Å². The van der Waals surface area contributed by atoms with Crippen LogP contribution in [0.5, 0.6) is 0 Å². The van der Waals surface area contributed by atoms with E-state index in [0.717, 1.165) is 51.4 Å². The van der Waals surface area contributed by atoms with Crippen LogP contribution in [-0.4, -0.2) is 72.0 Å². The third-order valence-corrected chi connectivity index (χ3v) is 9.51. The zero-order chi connectivity index (χ0) is 27.3. The number of ether oxygens (including phenoxy) is 6. The Morgan fingerprint density at radius 3 is 1.32 bits per heavy atom. The minimum atomic E-state index is -0.283. The van der Waals surface area contributed by atoms with Gasteiger partial charge in [-0.1, -0.05) is 12.2 Å². The van der Waals surface area contributed by atoms with E-state index in [2.05, 4.69) is 27.7 Å². The standard InChI is InChI=1S/C30H44O8/c1-19-9-7-13-27(3)21(35-27)11-16-30(6)24(38-30)18-34-26(32)20(2)10-8-14-28(4)22(36-28)12-15-29(5)23(37-29)17-33-25(19)31/h9-10,21-24H,7-8,11-18H2,1-6H3/b19-9+,20-10+/t21-,22-,23-,24+,27-,28-,29-,30+/m1/s1. The Balaban J connectivity index is 1.17. The predicted octanol–water partition coefficient (Wildman–Crippen LogP) is 4.73. The average Bonchev–Trinajstić information content (AvgIpc) is 3.80. The van der Waals surface area contributed by atoms with Crippen molar-refractivity contribution in [2.75, 3.05) is 13.2 Å². The van der Waals surface area contributed by atoms with Gasteiger partial charge in [0.2, 0.25) is 0 Å². The fourth-order valence-corrected chi connectivity index (χ4v) is 5.88. The van der Waals surface area contributed by atoms with Crippen molar-refractivity contribution in [3.05, 3.63) is 23.3 Å². The number of rotatable bonds is 0. The first-order chi connectivity index (χ1) is 17.9. The van der Waals surface area contributed by atoms with Gasteiger partial charge in [0.25, 0.3) is 0 Å². The maximum atomic E-state index is 12.5. The second-order valence-electron chi connectivity index (χ2n) is 12.8. The van der Waals surface area contributed by atoms with Gasteiger partial charge in [-0.05, 0) is 92.9 Å². The fourth-order valence-electron chi connectivity index (χ4n) is 5.88. The maximum Gasteiger partial charge on any atom is 0.333 e. The largest absolute Gasteiger partial charge is 0.459 e. The van der Waals surface area contributed by atoms with Crippen LogP contribution < -0.4 is 0 Å². The number of carbonyl (C=O) groups is 2. The molecule has 4 fully saturated rings. The normalized spacial score (nSPS) is 49.2. The summed E-state index contributed by atoms with van der Waals surface area (Å²) in [6, 6.07) is 0. The lowest BCUT2D eigenvalue weighted by Gasteiger charge is -2.09. The molecule has 0 unspecified atom stereocenters. The van der Waals surface area contributed by atoms with E-state index in [1.807, 2.05) is 12.2 Å². The molecule has 8 heteroatoms. The highest BCUT2D eigenvalue weighted by Gasteiger charge is 2.58. The van der Waals surface area contributed by atoms with Crippen molar-refractivity contribution in [2.45, 2.75) is 140 Å². The molecule has 5 aliphatic heterocycles. The van der Waals surface area contributed by atoms with E-state index in [4.69, 9.17) is 28.4 Å².